The molecule has 3 heteroatoms. The molecule has 0 unspecified atom stereocenters. The summed E-state index contributed by atoms with van der Waals surface area (Å²) in [5.41, 5.74) is 3.63. The number of pyridine rings is 1. The highest BCUT2D eigenvalue weighted by atomic mass is 19.1. The quantitative estimate of drug-likeness (QED) is 0.768. The number of rotatable bonds is 2. The molecule has 1 aromatic carbocycles. The first-order chi connectivity index (χ1) is 8.90. The Balaban J connectivity index is 2.56. The molecular weight excluding hydrogens is 241 g/mol. The van der Waals surface area contributed by atoms with Crippen LogP contribution in [0.25, 0.3) is 0 Å². The maximum Gasteiger partial charge on any atom is 0.214 e. The highest BCUT2D eigenvalue weighted by Crippen LogP contribution is 2.20. The van der Waals surface area contributed by atoms with E-state index in [4.69, 9.17) is 0 Å². The average Bonchev–Trinajstić information content (AvgIpc) is 2.26. The SMILES string of the molecule is Cc1cnc(C(=O)c2c(C)cc(C)cc2F)c(C)c1. The van der Waals surface area contributed by atoms with Gasteiger partial charge in [0, 0.05) is 6.20 Å². The summed E-state index contributed by atoms with van der Waals surface area (Å²) in [7, 11) is 0. The molecule has 0 aliphatic carbocycles. The number of hydrogen-bond donors (Lipinski definition) is 0. The monoisotopic (exact) mass is 257 g/mol. The van der Waals surface area contributed by atoms with Gasteiger partial charge in [-0.1, -0.05) is 12.1 Å². The number of benzene rings is 1. The zero-order valence-corrected chi connectivity index (χ0v) is 11.5. The standard InChI is InChI=1S/C16H16FNO/c1-9-5-11(3)14(13(17)7-9)16(19)15-12(4)6-10(2)8-18-15/h5-8H,1-4H3. The van der Waals surface area contributed by atoms with Crippen molar-refractivity contribution in [2.75, 3.05) is 0 Å². The van der Waals surface area contributed by atoms with Gasteiger partial charge in [-0.2, -0.15) is 0 Å². The second kappa shape index (κ2) is 4.92. The lowest BCUT2D eigenvalue weighted by atomic mass is 9.97. The van der Waals surface area contributed by atoms with Crippen LogP contribution in [-0.4, -0.2) is 10.8 Å². The third-order valence-electron chi connectivity index (χ3n) is 3.09. The first-order valence-corrected chi connectivity index (χ1v) is 6.15. The molecule has 0 spiro atoms. The second-order valence-electron chi connectivity index (χ2n) is 4.95. The minimum atomic E-state index is -0.482. The van der Waals surface area contributed by atoms with Crippen LogP contribution < -0.4 is 0 Å². The summed E-state index contributed by atoms with van der Waals surface area (Å²) in [6, 6.07) is 5.06. The molecule has 0 bridgehead atoms. The van der Waals surface area contributed by atoms with Gasteiger partial charge < -0.3 is 0 Å². The van der Waals surface area contributed by atoms with Gasteiger partial charge in [0.05, 0.1) is 5.56 Å². The van der Waals surface area contributed by atoms with Gasteiger partial charge in [-0.25, -0.2) is 4.39 Å². The predicted molar refractivity (Wildman–Crippen MR) is 73.0 cm³/mol. The van der Waals surface area contributed by atoms with Crippen molar-refractivity contribution in [3.05, 3.63) is 63.7 Å². The smallest absolute Gasteiger partial charge is 0.214 e. The molecule has 0 saturated carbocycles. The van der Waals surface area contributed by atoms with E-state index in [1.807, 2.05) is 19.9 Å². The van der Waals surface area contributed by atoms with Gasteiger partial charge >= 0.3 is 0 Å². The van der Waals surface area contributed by atoms with E-state index in [0.717, 1.165) is 16.7 Å². The Hall–Kier alpha value is -2.03. The lowest BCUT2D eigenvalue weighted by Crippen LogP contribution is -2.11. The third-order valence-corrected chi connectivity index (χ3v) is 3.09. The molecule has 0 saturated heterocycles. The molecule has 1 heterocycles. The second-order valence-corrected chi connectivity index (χ2v) is 4.95. The van der Waals surface area contributed by atoms with Crippen LogP contribution in [0.2, 0.25) is 0 Å². The largest absolute Gasteiger partial charge is 0.287 e. The normalized spacial score (nSPS) is 10.6. The Bertz CT molecular complexity index is 639. The van der Waals surface area contributed by atoms with Gasteiger partial charge in [0.15, 0.2) is 0 Å². The summed E-state index contributed by atoms with van der Waals surface area (Å²) in [4.78, 5) is 16.6. The van der Waals surface area contributed by atoms with E-state index >= 15 is 0 Å². The van der Waals surface area contributed by atoms with Crippen LogP contribution in [0.1, 0.15) is 38.3 Å². The zero-order chi connectivity index (χ0) is 14.2. The molecule has 0 N–H and O–H groups in total. The topological polar surface area (TPSA) is 30.0 Å². The third kappa shape index (κ3) is 2.55. The molecule has 19 heavy (non-hydrogen) atoms. The summed E-state index contributed by atoms with van der Waals surface area (Å²) in [5.74, 6) is -0.836. The van der Waals surface area contributed by atoms with Crippen LogP contribution in [0.5, 0.6) is 0 Å². The lowest BCUT2D eigenvalue weighted by Gasteiger charge is -2.09. The Labute approximate surface area is 112 Å². The number of carbonyl (C=O) groups excluding carboxylic acids is 1. The van der Waals surface area contributed by atoms with E-state index in [1.165, 1.54) is 6.07 Å². The summed E-state index contributed by atoms with van der Waals surface area (Å²) in [6.07, 6.45) is 1.63. The van der Waals surface area contributed by atoms with Crippen molar-refractivity contribution in [2.45, 2.75) is 27.7 Å². The van der Waals surface area contributed by atoms with Crippen molar-refractivity contribution >= 4 is 5.78 Å². The fraction of sp³-hybridized carbons (Fsp3) is 0.250. The van der Waals surface area contributed by atoms with Gasteiger partial charge in [-0.05, 0) is 56.0 Å². The zero-order valence-electron chi connectivity index (χ0n) is 11.5. The first kappa shape index (κ1) is 13.4. The molecule has 1 aromatic heterocycles. The Morgan fingerprint density at radius 3 is 2.21 bits per heavy atom. The summed E-state index contributed by atoms with van der Waals surface area (Å²) < 4.78 is 14.0. The molecule has 0 amide bonds. The first-order valence-electron chi connectivity index (χ1n) is 6.15. The predicted octanol–water partition coefficient (Wildman–Crippen LogP) is 3.69. The van der Waals surface area contributed by atoms with E-state index in [9.17, 15) is 9.18 Å². The Kier molecular flexibility index (Phi) is 3.47. The summed E-state index contributed by atoms with van der Waals surface area (Å²) in [6.45, 7) is 7.27. The number of aromatic nitrogens is 1. The van der Waals surface area contributed by atoms with Gasteiger partial charge in [0.25, 0.3) is 0 Å². The number of ketones is 1. The molecule has 98 valence electrons. The minimum absolute atomic E-state index is 0.116. The molecule has 2 rings (SSSR count). The van der Waals surface area contributed by atoms with Gasteiger partial charge in [0.2, 0.25) is 5.78 Å². The van der Waals surface area contributed by atoms with Gasteiger partial charge in [-0.15, -0.1) is 0 Å². The number of hydrogen-bond acceptors (Lipinski definition) is 2. The molecule has 0 atom stereocenters. The van der Waals surface area contributed by atoms with E-state index in [0.29, 0.717) is 11.3 Å². The highest BCUT2D eigenvalue weighted by Gasteiger charge is 2.20. The number of nitrogens with zero attached hydrogens (tertiary/aromatic N) is 1. The van der Waals surface area contributed by atoms with Gasteiger partial charge in [-0.3, -0.25) is 9.78 Å². The molecule has 2 nitrogen and oxygen atoms in total. The molecule has 0 aliphatic heterocycles. The van der Waals surface area contributed by atoms with E-state index in [1.54, 1.807) is 26.1 Å². The minimum Gasteiger partial charge on any atom is -0.287 e. The fourth-order valence-electron chi connectivity index (χ4n) is 2.27. The highest BCUT2D eigenvalue weighted by molar-refractivity contribution is 6.09. The average molecular weight is 257 g/mol. The van der Waals surface area contributed by atoms with Crippen molar-refractivity contribution in [2.24, 2.45) is 0 Å². The van der Waals surface area contributed by atoms with Crippen LogP contribution in [-0.2, 0) is 0 Å². The number of halogens is 1. The number of aryl methyl sites for hydroxylation is 4. The molecular formula is C16H16FNO. The Morgan fingerprint density at radius 2 is 1.63 bits per heavy atom. The maximum absolute atomic E-state index is 14.0. The van der Waals surface area contributed by atoms with Crippen molar-refractivity contribution in [3.63, 3.8) is 0 Å². The van der Waals surface area contributed by atoms with Crippen LogP contribution in [0.3, 0.4) is 0 Å². The fourth-order valence-corrected chi connectivity index (χ4v) is 2.27. The molecule has 0 radical (unpaired) electrons. The molecule has 0 aliphatic rings. The number of carbonyl (C=O) groups is 1. The Morgan fingerprint density at radius 1 is 1.00 bits per heavy atom. The van der Waals surface area contributed by atoms with Crippen LogP contribution in [0, 0.1) is 33.5 Å². The summed E-state index contributed by atoms with van der Waals surface area (Å²) in [5, 5.41) is 0. The van der Waals surface area contributed by atoms with Crippen molar-refractivity contribution < 1.29 is 9.18 Å². The van der Waals surface area contributed by atoms with E-state index in [2.05, 4.69) is 4.98 Å². The summed E-state index contributed by atoms with van der Waals surface area (Å²) >= 11 is 0. The van der Waals surface area contributed by atoms with Gasteiger partial charge in [0.1, 0.15) is 11.5 Å². The van der Waals surface area contributed by atoms with E-state index in [-0.39, 0.29) is 11.3 Å². The van der Waals surface area contributed by atoms with E-state index < -0.39 is 5.82 Å². The van der Waals surface area contributed by atoms with Crippen molar-refractivity contribution in [3.8, 4) is 0 Å². The molecule has 0 fully saturated rings. The van der Waals surface area contributed by atoms with Crippen LogP contribution in [0.15, 0.2) is 24.4 Å². The van der Waals surface area contributed by atoms with Crippen molar-refractivity contribution in [1.29, 1.82) is 0 Å². The van der Waals surface area contributed by atoms with Crippen LogP contribution in [0.4, 0.5) is 4.39 Å². The van der Waals surface area contributed by atoms with Crippen molar-refractivity contribution in [1.82, 2.24) is 4.98 Å². The maximum atomic E-state index is 14.0. The van der Waals surface area contributed by atoms with Crippen LogP contribution >= 0.6 is 0 Å². The molecule has 2 aromatic rings. The lowest BCUT2D eigenvalue weighted by molar-refractivity contribution is 0.102.